The van der Waals surface area contributed by atoms with Gasteiger partial charge in [-0.25, -0.2) is 4.79 Å². The molecule has 174 valence electrons. The minimum absolute atomic E-state index is 0.0376. The molecule has 32 heavy (non-hydrogen) atoms. The fraction of sp³-hybridized carbons (Fsp3) is 0.391. The Kier molecular flexibility index (Phi) is 10.0. The number of halogens is 3. The first-order chi connectivity index (χ1) is 15.3. The maximum absolute atomic E-state index is 12.4. The molecule has 1 amide bonds. The third-order valence-electron chi connectivity index (χ3n) is 4.28. The van der Waals surface area contributed by atoms with Crippen molar-refractivity contribution in [1.82, 2.24) is 5.32 Å². The van der Waals surface area contributed by atoms with Crippen LogP contribution >= 0.6 is 0 Å². The predicted octanol–water partition coefficient (Wildman–Crippen LogP) is 4.17. The first-order valence-electron chi connectivity index (χ1n) is 10.2. The van der Waals surface area contributed by atoms with Gasteiger partial charge in [-0.15, -0.1) is 13.2 Å². The normalized spacial score (nSPS) is 12.1. The average molecular weight is 453 g/mol. The summed E-state index contributed by atoms with van der Waals surface area (Å²) in [5.74, 6) is -1.45. The summed E-state index contributed by atoms with van der Waals surface area (Å²) in [6.07, 6.45) is -4.29. The van der Waals surface area contributed by atoms with Crippen molar-refractivity contribution in [2.24, 2.45) is 0 Å². The molecular weight excluding hydrogens is 427 g/mol. The van der Waals surface area contributed by atoms with Crippen molar-refractivity contribution >= 4 is 11.9 Å². The number of nitrogens with one attached hydrogen (secondary N) is 1. The fourth-order valence-corrected chi connectivity index (χ4v) is 2.91. The summed E-state index contributed by atoms with van der Waals surface area (Å²) >= 11 is 0. The van der Waals surface area contributed by atoms with Gasteiger partial charge in [0, 0.05) is 19.4 Å². The van der Waals surface area contributed by atoms with Gasteiger partial charge in [0.15, 0.2) is 0 Å². The van der Waals surface area contributed by atoms with Crippen LogP contribution in [-0.4, -0.2) is 37.5 Å². The third-order valence-corrected chi connectivity index (χ3v) is 4.28. The Hall–Kier alpha value is -3.07. The molecule has 0 aliphatic rings. The van der Waals surface area contributed by atoms with Gasteiger partial charge >= 0.3 is 12.3 Å². The van der Waals surface area contributed by atoms with Crippen LogP contribution in [0.3, 0.4) is 0 Å². The summed E-state index contributed by atoms with van der Waals surface area (Å²) in [6, 6.07) is 13.8. The lowest BCUT2D eigenvalue weighted by atomic mass is 10.1. The minimum atomic E-state index is -4.82. The molecule has 9 heteroatoms. The van der Waals surface area contributed by atoms with Gasteiger partial charge in [0.25, 0.3) is 0 Å². The second-order valence-electron chi connectivity index (χ2n) is 6.91. The van der Waals surface area contributed by atoms with Crippen LogP contribution in [0.1, 0.15) is 30.9 Å². The molecule has 6 nitrogen and oxygen atoms in total. The topological polar surface area (TPSA) is 73.9 Å². The lowest BCUT2D eigenvalue weighted by molar-refractivity contribution is -0.274. The van der Waals surface area contributed by atoms with Gasteiger partial charge < -0.3 is 19.5 Å². The molecule has 0 saturated heterocycles. The highest BCUT2D eigenvalue weighted by Crippen LogP contribution is 2.23. The molecule has 0 heterocycles. The zero-order valence-electron chi connectivity index (χ0n) is 17.7. The van der Waals surface area contributed by atoms with E-state index in [9.17, 15) is 22.8 Å². The Bertz CT molecular complexity index is 858. The summed E-state index contributed by atoms with van der Waals surface area (Å²) in [6.45, 7) is 2.53. The smallest absolute Gasteiger partial charge is 0.464 e. The molecule has 0 fully saturated rings. The van der Waals surface area contributed by atoms with Crippen molar-refractivity contribution < 1.29 is 37.0 Å². The maximum atomic E-state index is 12.4. The van der Waals surface area contributed by atoms with Crippen LogP contribution in [-0.2, 0) is 32.1 Å². The van der Waals surface area contributed by atoms with Gasteiger partial charge in [-0.2, -0.15) is 0 Å². The van der Waals surface area contributed by atoms with E-state index in [2.05, 4.69) is 10.1 Å². The van der Waals surface area contributed by atoms with Crippen LogP contribution in [0.25, 0.3) is 0 Å². The number of hydrogen-bond acceptors (Lipinski definition) is 5. The van der Waals surface area contributed by atoms with Crippen LogP contribution in [0.5, 0.6) is 5.75 Å². The molecular formula is C23H26F3NO5. The van der Waals surface area contributed by atoms with E-state index in [1.165, 1.54) is 12.1 Å². The van der Waals surface area contributed by atoms with E-state index in [1.807, 2.05) is 30.3 Å². The zero-order valence-corrected chi connectivity index (χ0v) is 17.7. The van der Waals surface area contributed by atoms with Crippen molar-refractivity contribution in [2.75, 3.05) is 13.2 Å². The number of ether oxygens (including phenoxy) is 3. The van der Waals surface area contributed by atoms with Crippen molar-refractivity contribution in [2.45, 2.75) is 45.2 Å². The Morgan fingerprint density at radius 2 is 1.75 bits per heavy atom. The lowest BCUT2D eigenvalue weighted by Crippen LogP contribution is -2.43. The number of benzene rings is 2. The molecule has 0 radical (unpaired) electrons. The van der Waals surface area contributed by atoms with E-state index in [1.54, 1.807) is 13.0 Å². The number of carbonyl (C=O) groups excluding carboxylic acids is 2. The SMILES string of the molecule is CCOC(=O)C(Cc1cccc(OC(F)(F)F)c1)NC(=O)CCCOCc1ccccc1. The molecule has 0 aliphatic heterocycles. The molecule has 2 aromatic rings. The highest BCUT2D eigenvalue weighted by molar-refractivity contribution is 5.84. The molecule has 0 saturated carbocycles. The maximum Gasteiger partial charge on any atom is 0.573 e. The van der Waals surface area contributed by atoms with E-state index in [0.717, 1.165) is 11.6 Å². The van der Waals surface area contributed by atoms with Crippen molar-refractivity contribution in [3.05, 3.63) is 65.7 Å². The molecule has 0 aliphatic carbocycles. The third kappa shape index (κ3) is 9.82. The van der Waals surface area contributed by atoms with Crippen LogP contribution in [0, 0.1) is 0 Å². The van der Waals surface area contributed by atoms with Crippen molar-refractivity contribution in [3.8, 4) is 5.75 Å². The number of amides is 1. The Morgan fingerprint density at radius 3 is 2.44 bits per heavy atom. The Balaban J connectivity index is 1.86. The summed E-state index contributed by atoms with van der Waals surface area (Å²) in [5, 5.41) is 2.59. The molecule has 2 aromatic carbocycles. The van der Waals surface area contributed by atoms with E-state index in [0.29, 0.717) is 25.2 Å². The van der Waals surface area contributed by atoms with Gasteiger partial charge in [-0.1, -0.05) is 42.5 Å². The highest BCUT2D eigenvalue weighted by Gasteiger charge is 2.31. The van der Waals surface area contributed by atoms with Gasteiger partial charge in [-0.3, -0.25) is 4.79 Å². The molecule has 1 N–H and O–H groups in total. The van der Waals surface area contributed by atoms with E-state index < -0.39 is 24.1 Å². The van der Waals surface area contributed by atoms with Crippen molar-refractivity contribution in [1.29, 1.82) is 0 Å². The second kappa shape index (κ2) is 12.7. The lowest BCUT2D eigenvalue weighted by Gasteiger charge is -2.18. The first kappa shape index (κ1) is 25.2. The average Bonchev–Trinajstić information content (AvgIpc) is 2.73. The van der Waals surface area contributed by atoms with Gasteiger partial charge in [0.1, 0.15) is 11.8 Å². The highest BCUT2D eigenvalue weighted by atomic mass is 19.4. The van der Waals surface area contributed by atoms with E-state index >= 15 is 0 Å². The predicted molar refractivity (Wildman–Crippen MR) is 111 cm³/mol. The number of hydrogen-bond donors (Lipinski definition) is 1. The molecule has 1 atom stereocenters. The molecule has 0 spiro atoms. The zero-order chi connectivity index (χ0) is 23.4. The van der Waals surface area contributed by atoms with Crippen LogP contribution in [0.4, 0.5) is 13.2 Å². The number of esters is 1. The Labute approximate surface area is 184 Å². The molecule has 0 bridgehead atoms. The van der Waals surface area contributed by atoms with E-state index in [-0.39, 0.29) is 25.4 Å². The summed E-state index contributed by atoms with van der Waals surface area (Å²) in [7, 11) is 0. The molecule has 0 aromatic heterocycles. The van der Waals surface area contributed by atoms with Gasteiger partial charge in [0.2, 0.25) is 5.91 Å². The quantitative estimate of drug-likeness (QED) is 0.386. The molecule has 2 rings (SSSR count). The molecule has 1 unspecified atom stereocenters. The Morgan fingerprint density at radius 1 is 1.03 bits per heavy atom. The standard InChI is InChI=1S/C23H26F3NO5/c1-2-31-22(29)20(15-18-10-6-11-19(14-18)32-23(24,25)26)27-21(28)12-7-13-30-16-17-8-4-3-5-9-17/h3-6,8-11,14,20H,2,7,12-13,15-16H2,1H3,(H,27,28). The summed E-state index contributed by atoms with van der Waals surface area (Å²) in [5.41, 5.74) is 1.41. The summed E-state index contributed by atoms with van der Waals surface area (Å²) < 4.78 is 51.8. The monoisotopic (exact) mass is 453 g/mol. The van der Waals surface area contributed by atoms with E-state index in [4.69, 9.17) is 9.47 Å². The summed E-state index contributed by atoms with van der Waals surface area (Å²) in [4.78, 5) is 24.5. The van der Waals surface area contributed by atoms with Crippen LogP contribution in [0.2, 0.25) is 0 Å². The first-order valence-corrected chi connectivity index (χ1v) is 10.2. The number of rotatable bonds is 12. The van der Waals surface area contributed by atoms with Gasteiger partial charge in [-0.05, 0) is 36.6 Å². The largest absolute Gasteiger partial charge is 0.573 e. The van der Waals surface area contributed by atoms with Crippen LogP contribution < -0.4 is 10.1 Å². The van der Waals surface area contributed by atoms with Crippen LogP contribution in [0.15, 0.2) is 54.6 Å². The number of carbonyl (C=O) groups is 2. The second-order valence-corrected chi connectivity index (χ2v) is 6.91. The van der Waals surface area contributed by atoms with Crippen molar-refractivity contribution in [3.63, 3.8) is 0 Å². The minimum Gasteiger partial charge on any atom is -0.464 e. The fourth-order valence-electron chi connectivity index (χ4n) is 2.91. The number of alkyl halides is 3. The van der Waals surface area contributed by atoms with Gasteiger partial charge in [0.05, 0.1) is 13.2 Å².